The second-order valence-corrected chi connectivity index (χ2v) is 19.3. The number of carbonyl (C=O) groups is 4. The Balaban J connectivity index is 1.37. The molecule has 5 fully saturated rings. The first-order chi connectivity index (χ1) is 24.0. The normalized spacial score (nSPS) is 46.1. The SMILES string of the molecule is CC(=O)O[C@@H]1[C@H](OC(=O)[C@]23CCC(C)(C)C[C@H]2C2=CC[C@@H]4[C@@]5(C)CC[C@H](O)C(C)(C)[C@@H]5CC[C@@]4(C)[C@]2(C)C[C@H]3O)OC[C@@H](OC(C)=O)[C@H]1OC(C)=O. The van der Waals surface area contributed by atoms with Crippen molar-refractivity contribution >= 4 is 23.9 Å². The van der Waals surface area contributed by atoms with E-state index in [2.05, 4.69) is 54.5 Å². The number of esters is 4. The summed E-state index contributed by atoms with van der Waals surface area (Å²) in [6.07, 6.45) is 2.57. The van der Waals surface area contributed by atoms with Crippen molar-refractivity contribution < 1.29 is 53.1 Å². The summed E-state index contributed by atoms with van der Waals surface area (Å²) in [5, 5.41) is 23.7. The predicted molar refractivity (Wildman–Crippen MR) is 189 cm³/mol. The van der Waals surface area contributed by atoms with Crippen molar-refractivity contribution in [1.82, 2.24) is 0 Å². The number of hydrogen-bond donors (Lipinski definition) is 2. The lowest BCUT2D eigenvalue weighted by molar-refractivity contribution is -0.282. The van der Waals surface area contributed by atoms with Crippen LogP contribution in [0.5, 0.6) is 0 Å². The topological polar surface area (TPSA) is 155 Å². The van der Waals surface area contributed by atoms with Gasteiger partial charge in [-0.1, -0.05) is 60.1 Å². The third-order valence-corrected chi connectivity index (χ3v) is 15.6. The highest BCUT2D eigenvalue weighted by Gasteiger charge is 2.71. The van der Waals surface area contributed by atoms with Crippen molar-refractivity contribution in [2.75, 3.05) is 6.61 Å². The molecule has 292 valence electrons. The molecule has 0 aromatic rings. The van der Waals surface area contributed by atoms with Crippen LogP contribution < -0.4 is 0 Å². The van der Waals surface area contributed by atoms with Crippen LogP contribution in [0.3, 0.4) is 0 Å². The molecule has 11 nitrogen and oxygen atoms in total. The van der Waals surface area contributed by atoms with Crippen LogP contribution in [0.15, 0.2) is 11.6 Å². The van der Waals surface area contributed by atoms with Crippen LogP contribution in [-0.4, -0.2) is 77.5 Å². The van der Waals surface area contributed by atoms with Crippen molar-refractivity contribution in [1.29, 1.82) is 0 Å². The molecule has 6 rings (SSSR count). The highest BCUT2D eigenvalue weighted by Crippen LogP contribution is 2.75. The summed E-state index contributed by atoms with van der Waals surface area (Å²) < 4.78 is 28.5. The van der Waals surface area contributed by atoms with Gasteiger partial charge >= 0.3 is 23.9 Å². The molecule has 0 aromatic heterocycles. The van der Waals surface area contributed by atoms with Gasteiger partial charge in [0, 0.05) is 20.8 Å². The standard InChI is InChI=1S/C41H62O11/c1-22(42)49-27-21-48-34(33(51-24(3)44)32(27)50-23(2)43)52-35(47)41-18-17-36(4,5)19-26(41)25-11-12-29-38(8)15-14-30(45)37(6,7)28(38)13-16-39(29,9)40(25,10)20-31(41)46/h11,26-34,45-46H,12-21H2,1-10H3/t26-,27+,28-,29+,30-,31+,32+,33-,34-,38-,39+,40+,41+/m0/s1. The highest BCUT2D eigenvalue weighted by atomic mass is 16.7. The van der Waals surface area contributed by atoms with E-state index >= 15 is 0 Å². The minimum absolute atomic E-state index is 0.0253. The average molecular weight is 731 g/mol. The Labute approximate surface area is 308 Å². The molecule has 6 aliphatic rings. The molecule has 1 aliphatic heterocycles. The summed E-state index contributed by atoms with van der Waals surface area (Å²) in [6, 6.07) is 0. The van der Waals surface area contributed by atoms with Crippen LogP contribution in [0.2, 0.25) is 0 Å². The maximum Gasteiger partial charge on any atom is 0.317 e. The molecule has 0 radical (unpaired) electrons. The van der Waals surface area contributed by atoms with Gasteiger partial charge in [0.25, 0.3) is 0 Å². The number of allylic oxidation sites excluding steroid dienone is 2. The Kier molecular flexibility index (Phi) is 9.85. The molecular weight excluding hydrogens is 668 g/mol. The third-order valence-electron chi connectivity index (χ3n) is 15.6. The first-order valence-electron chi connectivity index (χ1n) is 19.4. The molecule has 0 unspecified atom stereocenters. The number of rotatable bonds is 5. The molecule has 13 atom stereocenters. The van der Waals surface area contributed by atoms with Crippen LogP contribution >= 0.6 is 0 Å². The molecule has 5 aliphatic carbocycles. The molecule has 0 spiro atoms. The smallest absolute Gasteiger partial charge is 0.317 e. The van der Waals surface area contributed by atoms with Crippen LogP contribution in [0.1, 0.15) is 127 Å². The molecule has 0 aromatic carbocycles. The van der Waals surface area contributed by atoms with Gasteiger partial charge in [-0.05, 0) is 103 Å². The maximum absolute atomic E-state index is 14.9. The quantitative estimate of drug-likeness (QED) is 0.200. The summed E-state index contributed by atoms with van der Waals surface area (Å²) in [7, 11) is 0. The monoisotopic (exact) mass is 730 g/mol. The molecule has 52 heavy (non-hydrogen) atoms. The largest absolute Gasteiger partial charge is 0.456 e. The van der Waals surface area contributed by atoms with Gasteiger partial charge in [-0.15, -0.1) is 0 Å². The fourth-order valence-corrected chi connectivity index (χ4v) is 12.7. The van der Waals surface area contributed by atoms with Crippen molar-refractivity contribution in [3.63, 3.8) is 0 Å². The molecule has 1 heterocycles. The van der Waals surface area contributed by atoms with Crippen molar-refractivity contribution in [2.45, 2.75) is 164 Å². The molecule has 2 N–H and O–H groups in total. The first-order valence-corrected chi connectivity index (χ1v) is 19.4. The van der Waals surface area contributed by atoms with Crippen LogP contribution in [0.25, 0.3) is 0 Å². The van der Waals surface area contributed by atoms with E-state index in [-0.39, 0.29) is 45.7 Å². The Morgan fingerprint density at radius 3 is 2.00 bits per heavy atom. The lowest BCUT2D eigenvalue weighted by Gasteiger charge is -2.71. The van der Waals surface area contributed by atoms with Gasteiger partial charge in [0.15, 0.2) is 12.2 Å². The van der Waals surface area contributed by atoms with Crippen molar-refractivity contribution in [3.8, 4) is 0 Å². The fraction of sp³-hybridized carbons (Fsp3) is 0.854. The Morgan fingerprint density at radius 1 is 0.731 bits per heavy atom. The molecule has 1 saturated heterocycles. The van der Waals surface area contributed by atoms with E-state index in [9.17, 15) is 29.4 Å². The zero-order chi connectivity index (χ0) is 38.4. The van der Waals surface area contributed by atoms with Gasteiger partial charge < -0.3 is 33.9 Å². The van der Waals surface area contributed by atoms with Gasteiger partial charge in [-0.3, -0.25) is 19.2 Å². The van der Waals surface area contributed by atoms with E-state index in [1.807, 2.05) is 0 Å². The molecule has 4 saturated carbocycles. The Morgan fingerprint density at radius 2 is 1.37 bits per heavy atom. The first kappa shape index (κ1) is 39.2. The zero-order valence-electron chi connectivity index (χ0n) is 32.9. The van der Waals surface area contributed by atoms with Crippen LogP contribution in [-0.2, 0) is 42.9 Å². The molecule has 11 heteroatoms. The van der Waals surface area contributed by atoms with E-state index < -0.39 is 60.0 Å². The van der Waals surface area contributed by atoms with Crippen LogP contribution in [0.4, 0.5) is 0 Å². The van der Waals surface area contributed by atoms with E-state index in [4.69, 9.17) is 23.7 Å². The highest BCUT2D eigenvalue weighted by molar-refractivity contribution is 5.80. The minimum atomic E-state index is -1.47. The van der Waals surface area contributed by atoms with E-state index in [0.717, 1.165) is 32.1 Å². The van der Waals surface area contributed by atoms with Gasteiger partial charge in [-0.2, -0.15) is 0 Å². The second kappa shape index (κ2) is 13.1. The molecular formula is C41H62O11. The Hall–Kier alpha value is -2.50. The minimum Gasteiger partial charge on any atom is -0.456 e. The summed E-state index contributed by atoms with van der Waals surface area (Å²) in [6.45, 7) is 19.4. The maximum atomic E-state index is 14.9. The molecule has 0 bridgehead atoms. The van der Waals surface area contributed by atoms with Gasteiger partial charge in [0.05, 0.1) is 18.8 Å². The number of carbonyl (C=O) groups excluding carboxylic acids is 4. The van der Waals surface area contributed by atoms with Crippen LogP contribution in [0, 0.1) is 50.2 Å². The fourth-order valence-electron chi connectivity index (χ4n) is 12.7. The number of aliphatic hydroxyl groups excluding tert-OH is 2. The zero-order valence-corrected chi connectivity index (χ0v) is 32.9. The number of fused-ring (bicyclic) bond motifs is 7. The summed E-state index contributed by atoms with van der Waals surface area (Å²) in [5.41, 5.74) is -0.840. The lowest BCUT2D eigenvalue weighted by Crippen LogP contribution is -2.68. The van der Waals surface area contributed by atoms with E-state index in [1.165, 1.54) is 26.3 Å². The average Bonchev–Trinajstić information content (AvgIpc) is 3.01. The predicted octanol–water partition coefficient (Wildman–Crippen LogP) is 5.81. The number of aliphatic hydroxyl groups is 2. The second-order valence-electron chi connectivity index (χ2n) is 19.3. The van der Waals surface area contributed by atoms with Gasteiger partial charge in [0.2, 0.25) is 12.4 Å². The third kappa shape index (κ3) is 5.94. The molecule has 0 amide bonds. The summed E-state index contributed by atoms with van der Waals surface area (Å²) >= 11 is 0. The Bertz CT molecular complexity index is 1500. The van der Waals surface area contributed by atoms with Gasteiger partial charge in [-0.25, -0.2) is 0 Å². The van der Waals surface area contributed by atoms with Gasteiger partial charge in [0.1, 0.15) is 5.41 Å². The van der Waals surface area contributed by atoms with Crippen molar-refractivity contribution in [2.24, 2.45) is 50.2 Å². The summed E-state index contributed by atoms with van der Waals surface area (Å²) in [4.78, 5) is 51.3. The lowest BCUT2D eigenvalue weighted by atomic mass is 9.33. The number of ether oxygens (including phenoxy) is 5. The van der Waals surface area contributed by atoms with Crippen molar-refractivity contribution in [3.05, 3.63) is 11.6 Å². The summed E-state index contributed by atoms with van der Waals surface area (Å²) in [5.74, 6) is -2.28. The number of hydrogen-bond acceptors (Lipinski definition) is 11. The van der Waals surface area contributed by atoms with E-state index in [1.54, 1.807) is 0 Å². The van der Waals surface area contributed by atoms with E-state index in [0.29, 0.717) is 37.5 Å².